The zero-order chi connectivity index (χ0) is 23.8. The standard InChI is InChI=1S/C23H28N4O5S/c1-23(2,3)32-22(30)26-9-8-17-18(13-26)33-21(24-17)25-20(29)14-10-19(28)27(12-14)15-6-5-7-16(11-15)31-4/h5-7,11,14H,8-10,12-13H2,1-4H3,(H,24,25,29). The SMILES string of the molecule is COc1cccc(N2CC(C(=O)Nc3nc4c(s3)CN(C(=O)OC(C)(C)C)CC4)CC2=O)c1. The number of benzene rings is 1. The molecule has 1 aromatic carbocycles. The fourth-order valence-corrected chi connectivity index (χ4v) is 4.88. The molecule has 1 saturated heterocycles. The lowest BCUT2D eigenvalue weighted by Gasteiger charge is -2.29. The van der Waals surface area contributed by atoms with E-state index >= 15 is 0 Å². The summed E-state index contributed by atoms with van der Waals surface area (Å²) in [6, 6.07) is 7.23. The lowest BCUT2D eigenvalue weighted by Crippen LogP contribution is -2.39. The molecule has 2 aliphatic heterocycles. The number of thiazole rings is 1. The predicted molar refractivity (Wildman–Crippen MR) is 125 cm³/mol. The predicted octanol–water partition coefficient (Wildman–Crippen LogP) is 3.44. The van der Waals surface area contributed by atoms with Gasteiger partial charge < -0.3 is 24.6 Å². The van der Waals surface area contributed by atoms with Crippen LogP contribution in [-0.2, 0) is 27.3 Å². The Balaban J connectivity index is 1.38. The summed E-state index contributed by atoms with van der Waals surface area (Å²) in [5.74, 6) is -0.149. The van der Waals surface area contributed by atoms with Crippen LogP contribution in [0.5, 0.6) is 5.75 Å². The van der Waals surface area contributed by atoms with Crippen molar-refractivity contribution in [2.75, 3.05) is 30.4 Å². The highest BCUT2D eigenvalue weighted by atomic mass is 32.1. The Bertz CT molecular complexity index is 1080. The number of nitrogens with one attached hydrogen (secondary N) is 1. The smallest absolute Gasteiger partial charge is 0.410 e. The van der Waals surface area contributed by atoms with Crippen LogP contribution in [0.2, 0.25) is 0 Å². The Hall–Kier alpha value is -3.14. The number of nitrogens with zero attached hydrogens (tertiary/aromatic N) is 3. The minimum atomic E-state index is -0.554. The van der Waals surface area contributed by atoms with Gasteiger partial charge in [-0.3, -0.25) is 9.59 Å². The Morgan fingerprint density at radius 2 is 2.06 bits per heavy atom. The van der Waals surface area contributed by atoms with Gasteiger partial charge in [0.2, 0.25) is 11.8 Å². The van der Waals surface area contributed by atoms with E-state index in [9.17, 15) is 14.4 Å². The summed E-state index contributed by atoms with van der Waals surface area (Å²) in [7, 11) is 1.57. The molecule has 2 aromatic rings. The third-order valence-corrected chi connectivity index (χ3v) is 6.47. The van der Waals surface area contributed by atoms with Gasteiger partial charge in [0.1, 0.15) is 11.4 Å². The van der Waals surface area contributed by atoms with Gasteiger partial charge in [-0.2, -0.15) is 0 Å². The number of amides is 3. The molecule has 1 N–H and O–H groups in total. The van der Waals surface area contributed by atoms with Gasteiger partial charge in [0, 0.05) is 42.6 Å². The van der Waals surface area contributed by atoms with E-state index in [0.29, 0.717) is 42.6 Å². The highest BCUT2D eigenvalue weighted by Crippen LogP contribution is 2.31. The number of ether oxygens (including phenoxy) is 2. The van der Waals surface area contributed by atoms with Gasteiger partial charge in [-0.15, -0.1) is 0 Å². The summed E-state index contributed by atoms with van der Waals surface area (Å²) in [4.78, 5) is 46.5. The topological polar surface area (TPSA) is 101 Å². The van der Waals surface area contributed by atoms with Crippen molar-refractivity contribution in [1.82, 2.24) is 9.88 Å². The molecule has 1 aromatic heterocycles. The van der Waals surface area contributed by atoms with Crippen LogP contribution in [-0.4, -0.2) is 53.6 Å². The van der Waals surface area contributed by atoms with Crippen molar-refractivity contribution >= 4 is 40.1 Å². The fraction of sp³-hybridized carbons (Fsp3) is 0.478. The van der Waals surface area contributed by atoms with Gasteiger partial charge in [-0.1, -0.05) is 17.4 Å². The van der Waals surface area contributed by atoms with E-state index in [1.165, 1.54) is 11.3 Å². The minimum absolute atomic E-state index is 0.102. The summed E-state index contributed by atoms with van der Waals surface area (Å²) in [5.41, 5.74) is 1.04. The van der Waals surface area contributed by atoms with Crippen LogP contribution in [0.25, 0.3) is 0 Å². The summed E-state index contributed by atoms with van der Waals surface area (Å²) in [6.45, 7) is 6.74. The van der Waals surface area contributed by atoms with Gasteiger partial charge >= 0.3 is 6.09 Å². The Kier molecular flexibility index (Phi) is 6.29. The summed E-state index contributed by atoms with van der Waals surface area (Å²) >= 11 is 1.36. The number of hydrogen-bond donors (Lipinski definition) is 1. The van der Waals surface area contributed by atoms with Crippen molar-refractivity contribution in [2.45, 2.75) is 45.8 Å². The van der Waals surface area contributed by atoms with Crippen LogP contribution < -0.4 is 15.0 Å². The minimum Gasteiger partial charge on any atom is -0.497 e. The molecule has 0 spiro atoms. The highest BCUT2D eigenvalue weighted by Gasteiger charge is 2.36. The zero-order valence-electron chi connectivity index (χ0n) is 19.2. The molecule has 9 nitrogen and oxygen atoms in total. The van der Waals surface area contributed by atoms with E-state index in [1.54, 1.807) is 23.0 Å². The largest absolute Gasteiger partial charge is 0.497 e. The van der Waals surface area contributed by atoms with Gasteiger partial charge in [0.15, 0.2) is 5.13 Å². The maximum atomic E-state index is 12.9. The molecule has 176 valence electrons. The van der Waals surface area contributed by atoms with Crippen LogP contribution in [0.3, 0.4) is 0 Å². The molecule has 10 heteroatoms. The molecule has 4 rings (SSSR count). The van der Waals surface area contributed by atoms with Gasteiger partial charge in [0.05, 0.1) is 25.3 Å². The maximum Gasteiger partial charge on any atom is 0.410 e. The van der Waals surface area contributed by atoms with E-state index in [4.69, 9.17) is 9.47 Å². The molecule has 2 aliphatic rings. The molecule has 3 heterocycles. The third kappa shape index (κ3) is 5.27. The Morgan fingerprint density at radius 3 is 2.79 bits per heavy atom. The van der Waals surface area contributed by atoms with Crippen LogP contribution >= 0.6 is 11.3 Å². The van der Waals surface area contributed by atoms with Crippen LogP contribution in [0, 0.1) is 5.92 Å². The third-order valence-electron chi connectivity index (χ3n) is 5.47. The molecule has 1 unspecified atom stereocenters. The van der Waals surface area contributed by atoms with Crippen molar-refractivity contribution in [3.05, 3.63) is 34.8 Å². The first-order valence-corrected chi connectivity index (χ1v) is 11.7. The van der Waals surface area contributed by atoms with Gasteiger partial charge in [0.25, 0.3) is 0 Å². The number of carbonyl (C=O) groups excluding carboxylic acids is 3. The fourth-order valence-electron chi connectivity index (χ4n) is 3.85. The van der Waals surface area contributed by atoms with Crippen molar-refractivity contribution in [3.8, 4) is 5.75 Å². The highest BCUT2D eigenvalue weighted by molar-refractivity contribution is 7.15. The molecule has 3 amide bonds. The van der Waals surface area contributed by atoms with Crippen LogP contribution in [0.1, 0.15) is 37.8 Å². The number of carbonyl (C=O) groups is 3. The van der Waals surface area contributed by atoms with Crippen molar-refractivity contribution in [2.24, 2.45) is 5.92 Å². The lowest BCUT2D eigenvalue weighted by atomic mass is 10.1. The van der Waals surface area contributed by atoms with E-state index in [0.717, 1.165) is 10.6 Å². The van der Waals surface area contributed by atoms with E-state index in [-0.39, 0.29) is 24.3 Å². The van der Waals surface area contributed by atoms with E-state index in [2.05, 4.69) is 10.3 Å². The molecule has 33 heavy (non-hydrogen) atoms. The summed E-state index contributed by atoms with van der Waals surface area (Å²) < 4.78 is 10.7. The second-order valence-electron chi connectivity index (χ2n) is 9.14. The summed E-state index contributed by atoms with van der Waals surface area (Å²) in [5, 5.41) is 3.36. The normalized spacial score (nSPS) is 18.2. The Morgan fingerprint density at radius 1 is 1.27 bits per heavy atom. The molecular weight excluding hydrogens is 444 g/mol. The second kappa shape index (κ2) is 9.01. The molecule has 1 fully saturated rings. The van der Waals surface area contributed by atoms with Gasteiger partial charge in [-0.05, 0) is 32.9 Å². The first kappa shape index (κ1) is 23.0. The maximum absolute atomic E-state index is 12.9. The first-order chi connectivity index (χ1) is 15.6. The number of aromatic nitrogens is 1. The first-order valence-electron chi connectivity index (χ1n) is 10.8. The molecule has 0 bridgehead atoms. The van der Waals surface area contributed by atoms with Crippen molar-refractivity contribution in [3.63, 3.8) is 0 Å². The van der Waals surface area contributed by atoms with Crippen molar-refractivity contribution in [1.29, 1.82) is 0 Å². The number of rotatable bonds is 4. The molecular formula is C23H28N4O5S. The molecule has 0 radical (unpaired) electrons. The molecule has 1 atom stereocenters. The Labute approximate surface area is 196 Å². The van der Waals surface area contributed by atoms with Crippen molar-refractivity contribution < 1.29 is 23.9 Å². The zero-order valence-corrected chi connectivity index (χ0v) is 20.0. The van der Waals surface area contributed by atoms with Crippen LogP contribution in [0.4, 0.5) is 15.6 Å². The number of anilines is 2. The molecule has 0 aliphatic carbocycles. The van der Waals surface area contributed by atoms with E-state index in [1.807, 2.05) is 39.0 Å². The van der Waals surface area contributed by atoms with Crippen LogP contribution in [0.15, 0.2) is 24.3 Å². The van der Waals surface area contributed by atoms with Gasteiger partial charge in [-0.25, -0.2) is 9.78 Å². The number of fused-ring (bicyclic) bond motifs is 1. The summed E-state index contributed by atoms with van der Waals surface area (Å²) in [6.07, 6.45) is 0.391. The quantitative estimate of drug-likeness (QED) is 0.732. The number of methoxy groups -OCH3 is 1. The lowest BCUT2D eigenvalue weighted by molar-refractivity contribution is -0.122. The van der Waals surface area contributed by atoms with E-state index < -0.39 is 11.5 Å². The average molecular weight is 473 g/mol. The molecule has 0 saturated carbocycles. The second-order valence-corrected chi connectivity index (χ2v) is 10.2. The monoisotopic (exact) mass is 472 g/mol. The average Bonchev–Trinajstić information content (AvgIpc) is 3.34. The number of hydrogen-bond acceptors (Lipinski definition) is 7.